The van der Waals surface area contributed by atoms with Crippen LogP contribution in [0, 0.1) is 6.92 Å². The van der Waals surface area contributed by atoms with Gasteiger partial charge in [0, 0.05) is 11.3 Å². The van der Waals surface area contributed by atoms with Crippen LogP contribution >= 0.6 is 11.8 Å². The summed E-state index contributed by atoms with van der Waals surface area (Å²) in [6, 6.07) is 21.2. The van der Waals surface area contributed by atoms with Crippen molar-refractivity contribution in [3.8, 4) is 11.1 Å². The van der Waals surface area contributed by atoms with Gasteiger partial charge in [0.1, 0.15) is 6.04 Å². The molecule has 0 spiro atoms. The molecule has 0 aliphatic heterocycles. The largest absolute Gasteiger partial charge is 0.480 e. The van der Waals surface area contributed by atoms with Crippen LogP contribution in [0.4, 0.5) is 5.69 Å². The molecule has 7 heteroatoms. The molecule has 0 fully saturated rings. The van der Waals surface area contributed by atoms with Crippen molar-refractivity contribution in [1.29, 1.82) is 0 Å². The predicted molar refractivity (Wildman–Crippen MR) is 137 cm³/mol. The monoisotopic (exact) mass is 476 g/mol. The zero-order chi connectivity index (χ0) is 24.5. The number of aliphatic carboxylic acids is 1. The van der Waals surface area contributed by atoms with Crippen LogP contribution in [0.2, 0.25) is 0 Å². The van der Waals surface area contributed by atoms with Gasteiger partial charge >= 0.3 is 5.97 Å². The zero-order valence-corrected chi connectivity index (χ0v) is 20.0. The standard InChI is InChI=1S/C27H28N2O4S/c1-18-8-6-7-11-21(18)23-17-20(28-25(30)16-19-9-4-3-5-10-19)12-13-22(23)26(31)29-24(27(32)33)14-15-34-2/h3-13,17,24H,14-16H2,1-2H3,(H,28,30)(H,29,31)(H,32,33). The normalized spacial score (nSPS) is 11.5. The molecule has 0 heterocycles. The SMILES string of the molecule is CSCCC(NC(=O)c1ccc(NC(=O)Cc2ccccc2)cc1-c1ccccc1C)C(=O)O. The van der Waals surface area contributed by atoms with Crippen LogP contribution < -0.4 is 10.6 Å². The number of benzene rings is 3. The van der Waals surface area contributed by atoms with Crippen molar-refractivity contribution >= 4 is 35.2 Å². The van der Waals surface area contributed by atoms with Gasteiger partial charge in [-0.2, -0.15) is 11.8 Å². The van der Waals surface area contributed by atoms with Gasteiger partial charge in [0.25, 0.3) is 5.91 Å². The molecule has 34 heavy (non-hydrogen) atoms. The molecule has 6 nitrogen and oxygen atoms in total. The average molecular weight is 477 g/mol. The Morgan fingerprint density at radius 3 is 2.32 bits per heavy atom. The summed E-state index contributed by atoms with van der Waals surface area (Å²) in [6.07, 6.45) is 2.45. The molecule has 0 aliphatic carbocycles. The number of thioether (sulfide) groups is 1. The lowest BCUT2D eigenvalue weighted by atomic mass is 9.94. The van der Waals surface area contributed by atoms with Crippen molar-refractivity contribution in [1.82, 2.24) is 5.32 Å². The summed E-state index contributed by atoms with van der Waals surface area (Å²) < 4.78 is 0. The number of aryl methyl sites for hydroxylation is 1. The third kappa shape index (κ3) is 6.71. The molecule has 3 rings (SSSR count). The third-order valence-corrected chi connectivity index (χ3v) is 6.05. The highest BCUT2D eigenvalue weighted by Gasteiger charge is 2.23. The topological polar surface area (TPSA) is 95.5 Å². The van der Waals surface area contributed by atoms with Crippen molar-refractivity contribution in [2.24, 2.45) is 0 Å². The number of carbonyl (C=O) groups is 3. The Morgan fingerprint density at radius 1 is 0.941 bits per heavy atom. The Balaban J connectivity index is 1.90. The summed E-state index contributed by atoms with van der Waals surface area (Å²) in [4.78, 5) is 37.3. The highest BCUT2D eigenvalue weighted by molar-refractivity contribution is 7.98. The number of anilines is 1. The van der Waals surface area contributed by atoms with E-state index >= 15 is 0 Å². The summed E-state index contributed by atoms with van der Waals surface area (Å²) in [5.74, 6) is -1.07. The molecule has 0 saturated carbocycles. The van der Waals surface area contributed by atoms with E-state index in [1.807, 2.05) is 67.8 Å². The summed E-state index contributed by atoms with van der Waals surface area (Å²) in [7, 11) is 0. The molecule has 176 valence electrons. The first kappa shape index (κ1) is 25.1. The first-order valence-electron chi connectivity index (χ1n) is 11.0. The molecular weight excluding hydrogens is 448 g/mol. The minimum atomic E-state index is -1.07. The first-order valence-corrected chi connectivity index (χ1v) is 12.3. The number of rotatable bonds is 10. The first-order chi connectivity index (χ1) is 16.4. The third-order valence-electron chi connectivity index (χ3n) is 5.40. The lowest BCUT2D eigenvalue weighted by Crippen LogP contribution is -2.41. The molecule has 1 atom stereocenters. The van der Waals surface area contributed by atoms with Gasteiger partial charge in [-0.15, -0.1) is 0 Å². The van der Waals surface area contributed by atoms with Crippen molar-refractivity contribution in [3.05, 3.63) is 89.5 Å². The van der Waals surface area contributed by atoms with E-state index in [-0.39, 0.29) is 12.3 Å². The van der Waals surface area contributed by atoms with Crippen LogP contribution in [-0.2, 0) is 16.0 Å². The van der Waals surface area contributed by atoms with Crippen LogP contribution in [0.5, 0.6) is 0 Å². The molecule has 3 aromatic carbocycles. The van der Waals surface area contributed by atoms with Gasteiger partial charge in [0.15, 0.2) is 0 Å². The van der Waals surface area contributed by atoms with E-state index in [4.69, 9.17) is 0 Å². The molecule has 0 aliphatic rings. The Morgan fingerprint density at radius 2 is 1.65 bits per heavy atom. The molecular formula is C27H28N2O4S. The Bertz CT molecular complexity index is 1160. The average Bonchev–Trinajstić information content (AvgIpc) is 2.82. The summed E-state index contributed by atoms with van der Waals surface area (Å²) >= 11 is 1.53. The molecule has 0 saturated heterocycles. The Labute approximate surface area is 203 Å². The lowest BCUT2D eigenvalue weighted by molar-refractivity contribution is -0.139. The zero-order valence-electron chi connectivity index (χ0n) is 19.2. The molecule has 2 amide bonds. The van der Waals surface area contributed by atoms with Gasteiger partial charge in [0.2, 0.25) is 5.91 Å². The van der Waals surface area contributed by atoms with E-state index in [0.29, 0.717) is 29.0 Å². The fraction of sp³-hybridized carbons (Fsp3) is 0.222. The summed E-state index contributed by atoms with van der Waals surface area (Å²) in [5.41, 5.74) is 4.24. The summed E-state index contributed by atoms with van der Waals surface area (Å²) in [6.45, 7) is 1.94. The van der Waals surface area contributed by atoms with E-state index in [1.54, 1.807) is 18.2 Å². The number of carbonyl (C=O) groups excluding carboxylic acids is 2. The van der Waals surface area contributed by atoms with Crippen LogP contribution in [-0.4, -0.2) is 40.9 Å². The van der Waals surface area contributed by atoms with Crippen molar-refractivity contribution in [2.75, 3.05) is 17.3 Å². The van der Waals surface area contributed by atoms with Crippen LogP contribution in [0.15, 0.2) is 72.8 Å². The van der Waals surface area contributed by atoms with Gasteiger partial charge in [-0.05, 0) is 65.8 Å². The van der Waals surface area contributed by atoms with E-state index < -0.39 is 17.9 Å². The number of carboxylic acids is 1. The molecule has 3 aromatic rings. The number of hydrogen-bond acceptors (Lipinski definition) is 4. The predicted octanol–water partition coefficient (Wildman–Crippen LogP) is 4.78. The van der Waals surface area contributed by atoms with E-state index in [2.05, 4.69) is 10.6 Å². The smallest absolute Gasteiger partial charge is 0.326 e. The maximum atomic E-state index is 13.1. The van der Waals surface area contributed by atoms with E-state index in [9.17, 15) is 19.5 Å². The van der Waals surface area contributed by atoms with Crippen molar-refractivity contribution in [2.45, 2.75) is 25.8 Å². The van der Waals surface area contributed by atoms with Gasteiger partial charge < -0.3 is 15.7 Å². The van der Waals surface area contributed by atoms with E-state index in [0.717, 1.165) is 16.7 Å². The fourth-order valence-electron chi connectivity index (χ4n) is 3.63. The quantitative estimate of drug-likeness (QED) is 0.391. The second kappa shape index (κ2) is 12.0. The van der Waals surface area contributed by atoms with Crippen LogP contribution in [0.3, 0.4) is 0 Å². The van der Waals surface area contributed by atoms with Crippen LogP contribution in [0.25, 0.3) is 11.1 Å². The number of hydrogen-bond donors (Lipinski definition) is 3. The Hall–Kier alpha value is -3.58. The molecule has 3 N–H and O–H groups in total. The van der Waals surface area contributed by atoms with Crippen LogP contribution in [0.1, 0.15) is 27.9 Å². The Kier molecular flexibility index (Phi) is 8.87. The van der Waals surface area contributed by atoms with Gasteiger partial charge in [0.05, 0.1) is 6.42 Å². The van der Waals surface area contributed by atoms with Gasteiger partial charge in [-0.3, -0.25) is 9.59 Å². The summed E-state index contributed by atoms with van der Waals surface area (Å²) in [5, 5.41) is 15.1. The fourth-order valence-corrected chi connectivity index (χ4v) is 4.10. The number of carboxylic acid groups (broad SMARTS) is 1. The molecule has 0 bridgehead atoms. The second-order valence-electron chi connectivity index (χ2n) is 7.93. The maximum Gasteiger partial charge on any atom is 0.326 e. The second-order valence-corrected chi connectivity index (χ2v) is 8.92. The molecule has 1 unspecified atom stereocenters. The van der Waals surface area contributed by atoms with E-state index in [1.165, 1.54) is 11.8 Å². The molecule has 0 aromatic heterocycles. The minimum Gasteiger partial charge on any atom is -0.480 e. The van der Waals surface area contributed by atoms with Crippen molar-refractivity contribution < 1.29 is 19.5 Å². The number of amides is 2. The highest BCUT2D eigenvalue weighted by Crippen LogP contribution is 2.30. The maximum absolute atomic E-state index is 13.1. The van der Waals surface area contributed by atoms with Gasteiger partial charge in [-0.25, -0.2) is 4.79 Å². The number of nitrogens with one attached hydrogen (secondary N) is 2. The molecule has 0 radical (unpaired) electrons. The lowest BCUT2D eigenvalue weighted by Gasteiger charge is -2.18. The van der Waals surface area contributed by atoms with Gasteiger partial charge in [-0.1, -0.05) is 54.6 Å². The highest BCUT2D eigenvalue weighted by atomic mass is 32.2. The van der Waals surface area contributed by atoms with Crippen molar-refractivity contribution in [3.63, 3.8) is 0 Å². The minimum absolute atomic E-state index is 0.165.